The minimum atomic E-state index is 0.748. The summed E-state index contributed by atoms with van der Waals surface area (Å²) in [5, 5.41) is 0. The lowest BCUT2D eigenvalue weighted by Crippen LogP contribution is -2.11. The fourth-order valence-corrected chi connectivity index (χ4v) is 2.04. The van der Waals surface area contributed by atoms with Gasteiger partial charge in [0.2, 0.25) is 0 Å². The summed E-state index contributed by atoms with van der Waals surface area (Å²) >= 11 is 0. The molecule has 0 saturated heterocycles. The molecule has 0 amide bonds. The summed E-state index contributed by atoms with van der Waals surface area (Å²) in [6, 6.07) is 0. The van der Waals surface area contributed by atoms with Crippen LogP contribution in [0.3, 0.4) is 0 Å². The molecule has 17 heavy (non-hydrogen) atoms. The van der Waals surface area contributed by atoms with E-state index in [-0.39, 0.29) is 0 Å². The molecule has 0 spiro atoms. The van der Waals surface area contributed by atoms with Crippen LogP contribution in [0.1, 0.15) is 52.9 Å². The van der Waals surface area contributed by atoms with Crippen molar-refractivity contribution in [2.24, 2.45) is 5.92 Å². The van der Waals surface area contributed by atoms with Gasteiger partial charge < -0.3 is 0 Å². The molecule has 0 heteroatoms. The first-order chi connectivity index (χ1) is 8.06. The highest BCUT2D eigenvalue weighted by molar-refractivity contribution is 5.38. The van der Waals surface area contributed by atoms with Crippen molar-refractivity contribution in [2.45, 2.75) is 52.9 Å². The Balaban J connectivity index is 2.59. The van der Waals surface area contributed by atoms with Crippen LogP contribution in [0.2, 0.25) is 0 Å². The molecule has 0 heterocycles. The van der Waals surface area contributed by atoms with Crippen LogP contribution in [-0.4, -0.2) is 0 Å². The van der Waals surface area contributed by atoms with Gasteiger partial charge in [0.1, 0.15) is 0 Å². The van der Waals surface area contributed by atoms with Crippen LogP contribution in [0.4, 0.5) is 0 Å². The van der Waals surface area contributed by atoms with Gasteiger partial charge in [0, 0.05) is 0 Å². The van der Waals surface area contributed by atoms with E-state index in [1.165, 1.54) is 48.0 Å². The molecular weight excluding hydrogens is 204 g/mol. The van der Waals surface area contributed by atoms with Crippen molar-refractivity contribution >= 4 is 0 Å². The Kier molecular flexibility index (Phi) is 5.47. The molecule has 1 aliphatic carbocycles. The Bertz CT molecular complexity index is 348. The molecule has 1 rings (SSSR count). The van der Waals surface area contributed by atoms with Crippen molar-refractivity contribution in [3.63, 3.8) is 0 Å². The van der Waals surface area contributed by atoms with Crippen molar-refractivity contribution < 1.29 is 0 Å². The van der Waals surface area contributed by atoms with Crippen LogP contribution in [0.15, 0.2) is 47.6 Å². The lowest BCUT2D eigenvalue weighted by atomic mass is 9.80. The van der Waals surface area contributed by atoms with E-state index in [1.807, 2.05) is 0 Å². The van der Waals surface area contributed by atoms with Crippen molar-refractivity contribution in [3.8, 4) is 0 Å². The van der Waals surface area contributed by atoms with Gasteiger partial charge in [0.05, 0.1) is 0 Å². The molecule has 0 N–H and O–H groups in total. The minimum Gasteiger partial charge on any atom is -0.0956 e. The molecule has 0 aromatic heterocycles. The highest BCUT2D eigenvalue weighted by Crippen LogP contribution is 2.33. The third-order valence-corrected chi connectivity index (χ3v) is 3.85. The smallest absolute Gasteiger partial charge is 0.0168 e. The monoisotopic (exact) mass is 230 g/mol. The van der Waals surface area contributed by atoms with Crippen molar-refractivity contribution in [1.29, 1.82) is 0 Å². The highest BCUT2D eigenvalue weighted by Gasteiger charge is 2.18. The van der Waals surface area contributed by atoms with E-state index in [0.717, 1.165) is 12.3 Å². The van der Waals surface area contributed by atoms with E-state index < -0.39 is 0 Å². The normalized spacial score (nSPS) is 17.8. The second kappa shape index (κ2) is 6.64. The molecule has 0 nitrogen and oxygen atoms in total. The molecule has 0 unspecified atom stereocenters. The Morgan fingerprint density at radius 1 is 1.18 bits per heavy atom. The molecule has 0 aliphatic heterocycles. The molecule has 0 aromatic rings. The molecule has 94 valence electrons. The number of allylic oxidation sites excluding steroid dienone is 6. The van der Waals surface area contributed by atoms with E-state index in [0.29, 0.717) is 0 Å². The predicted molar refractivity (Wildman–Crippen MR) is 78.0 cm³/mol. The van der Waals surface area contributed by atoms with Gasteiger partial charge in [-0.05, 0) is 50.2 Å². The van der Waals surface area contributed by atoms with E-state index in [2.05, 4.69) is 46.1 Å². The first kappa shape index (κ1) is 14.0. The van der Waals surface area contributed by atoms with E-state index in [4.69, 9.17) is 0 Å². The Morgan fingerprint density at radius 2 is 1.82 bits per heavy atom. The quantitative estimate of drug-likeness (QED) is 0.522. The summed E-state index contributed by atoms with van der Waals surface area (Å²) < 4.78 is 0. The average Bonchev–Trinajstić information content (AvgIpc) is 2.22. The van der Waals surface area contributed by atoms with E-state index in [9.17, 15) is 0 Å². The van der Waals surface area contributed by atoms with Crippen LogP contribution < -0.4 is 0 Å². The zero-order valence-electron chi connectivity index (χ0n) is 11.7. The van der Waals surface area contributed by atoms with Crippen LogP contribution in [0.25, 0.3) is 0 Å². The van der Waals surface area contributed by atoms with E-state index >= 15 is 0 Å². The maximum atomic E-state index is 4.16. The summed E-state index contributed by atoms with van der Waals surface area (Å²) in [5.41, 5.74) is 5.22. The van der Waals surface area contributed by atoms with Gasteiger partial charge in [0.25, 0.3) is 0 Å². The van der Waals surface area contributed by atoms with Crippen LogP contribution >= 0.6 is 0 Å². The molecule has 0 radical (unpaired) electrons. The second-order valence-electron chi connectivity index (χ2n) is 5.20. The fourth-order valence-electron chi connectivity index (χ4n) is 2.04. The maximum Gasteiger partial charge on any atom is -0.0168 e. The molecule has 0 bridgehead atoms. The Morgan fingerprint density at radius 3 is 2.29 bits per heavy atom. The van der Waals surface area contributed by atoms with Gasteiger partial charge in [-0.3, -0.25) is 0 Å². The number of rotatable bonds is 6. The molecule has 1 aliphatic rings. The molecule has 1 saturated carbocycles. The lowest BCUT2D eigenvalue weighted by Gasteiger charge is -2.25. The van der Waals surface area contributed by atoms with Crippen LogP contribution in [0, 0.1) is 5.92 Å². The number of hydrogen-bond donors (Lipinski definition) is 0. The molecule has 1 fully saturated rings. The summed E-state index contributed by atoms with van der Waals surface area (Å²) in [5.74, 6) is 0.748. The summed E-state index contributed by atoms with van der Waals surface area (Å²) in [6.45, 7) is 14.8. The van der Waals surface area contributed by atoms with Crippen molar-refractivity contribution in [2.75, 3.05) is 0 Å². The topological polar surface area (TPSA) is 0 Å². The largest absolute Gasteiger partial charge is 0.0956 e. The standard InChI is InChI=1S/C17H26/c1-6-8-13(2)16(5)14(3)11-12-15(4)17-9-7-10-17/h11-12,17H,2,4,6-10H2,1,3,5H3. The lowest BCUT2D eigenvalue weighted by molar-refractivity contribution is 0.375. The zero-order valence-corrected chi connectivity index (χ0v) is 11.7. The fraction of sp³-hybridized carbons (Fsp3) is 0.529. The van der Waals surface area contributed by atoms with Gasteiger partial charge in [-0.15, -0.1) is 0 Å². The minimum absolute atomic E-state index is 0.748. The van der Waals surface area contributed by atoms with Gasteiger partial charge in [-0.25, -0.2) is 0 Å². The molecular formula is C17H26. The highest BCUT2D eigenvalue weighted by atomic mass is 14.2. The predicted octanol–water partition coefficient (Wildman–Crippen LogP) is 5.59. The summed E-state index contributed by atoms with van der Waals surface area (Å²) in [6.07, 6.45) is 10.7. The van der Waals surface area contributed by atoms with Crippen LogP contribution in [0.5, 0.6) is 0 Å². The first-order valence-corrected chi connectivity index (χ1v) is 6.78. The van der Waals surface area contributed by atoms with Gasteiger partial charge in [-0.2, -0.15) is 0 Å². The van der Waals surface area contributed by atoms with Gasteiger partial charge in [-0.1, -0.05) is 56.2 Å². The second-order valence-corrected chi connectivity index (χ2v) is 5.20. The Hall–Kier alpha value is -1.04. The average molecular weight is 230 g/mol. The maximum absolute atomic E-state index is 4.16. The Labute approximate surface area is 107 Å². The SMILES string of the molecule is C=C(CCC)C(C)=C(C)C=CC(=C)C1CCC1. The zero-order chi connectivity index (χ0) is 12.8. The van der Waals surface area contributed by atoms with Crippen LogP contribution in [-0.2, 0) is 0 Å². The first-order valence-electron chi connectivity index (χ1n) is 6.78. The van der Waals surface area contributed by atoms with Crippen molar-refractivity contribution in [1.82, 2.24) is 0 Å². The third-order valence-electron chi connectivity index (χ3n) is 3.85. The summed E-state index contributed by atoms with van der Waals surface area (Å²) in [4.78, 5) is 0. The van der Waals surface area contributed by atoms with Gasteiger partial charge >= 0.3 is 0 Å². The number of hydrogen-bond acceptors (Lipinski definition) is 0. The molecule has 0 aromatic carbocycles. The summed E-state index contributed by atoms with van der Waals surface area (Å²) in [7, 11) is 0. The van der Waals surface area contributed by atoms with Gasteiger partial charge in [0.15, 0.2) is 0 Å². The van der Waals surface area contributed by atoms with Crippen molar-refractivity contribution in [3.05, 3.63) is 47.6 Å². The third kappa shape index (κ3) is 4.03. The van der Waals surface area contributed by atoms with E-state index in [1.54, 1.807) is 0 Å². The molecule has 0 atom stereocenters.